The standard InChI is InChI=1S/C54H35N11/c1-3-16-33-32(15-1)29-55-48(37-20-13-27-64-25-11-9-23-42(37)64)45(33)52-59-51-50(58-53(61-54(51)60-52)49-36-19-6-8-22-40(36)62-63-49)44-38(30-65-26-12-10-24-43(44)65)46-34-17-4-5-18-35(34)47(57-46)41-28-31-14-2-7-21-39(31)56-41/h1-26,28-30,56-57H,27H2,(H,62,63)(H,58,59,60,61). The van der Waals surface area contributed by atoms with E-state index in [1.54, 1.807) is 0 Å². The SMILES string of the molecule is C1=CC2=C(c3ncc4ccccc4c3-c3nc4nc(-c5n[nH]c6ccccc56)nc(-c5c(-c6[nH]c(-c7cc8ccccc8[nH]7)c7ccccc67)cn6ccccc56)c4[nH]3)C=CCN2C=C1. The van der Waals surface area contributed by atoms with Crippen LogP contribution in [0.25, 0.3) is 122 Å². The Morgan fingerprint density at radius 3 is 2.28 bits per heavy atom. The molecule has 4 aromatic carbocycles. The Bertz CT molecular complexity index is 4040. The number of H-pyrrole nitrogens is 4. The fourth-order valence-corrected chi connectivity index (χ4v) is 9.87. The van der Waals surface area contributed by atoms with Crippen LogP contribution in [0.3, 0.4) is 0 Å². The average Bonchev–Trinajstić information content (AvgIpc) is 4.21. The number of hydrogen-bond acceptors (Lipinski definition) is 6. The molecular formula is C54H35N11. The first-order valence-corrected chi connectivity index (χ1v) is 21.6. The summed E-state index contributed by atoms with van der Waals surface area (Å²) in [6.45, 7) is 0.782. The lowest BCUT2D eigenvalue weighted by Gasteiger charge is -2.28. The van der Waals surface area contributed by atoms with Crippen molar-refractivity contribution in [2.45, 2.75) is 0 Å². The van der Waals surface area contributed by atoms with Crippen molar-refractivity contribution >= 4 is 65.6 Å². The summed E-state index contributed by atoms with van der Waals surface area (Å²) < 4.78 is 2.17. The van der Waals surface area contributed by atoms with Crippen LogP contribution in [0.5, 0.6) is 0 Å². The highest BCUT2D eigenvalue weighted by atomic mass is 15.1. The summed E-state index contributed by atoms with van der Waals surface area (Å²) in [5.41, 5.74) is 14.2. The second kappa shape index (κ2) is 13.7. The molecule has 8 aromatic heterocycles. The molecule has 0 saturated heterocycles. The Morgan fingerprint density at radius 1 is 0.600 bits per heavy atom. The van der Waals surface area contributed by atoms with E-state index in [0.29, 0.717) is 34.2 Å². The lowest BCUT2D eigenvalue weighted by molar-refractivity contribution is 0.526. The number of aromatic nitrogens is 10. The molecule has 0 bridgehead atoms. The molecule has 12 aromatic rings. The number of imidazole rings is 1. The number of aromatic amines is 4. The number of benzene rings is 4. The zero-order valence-corrected chi connectivity index (χ0v) is 34.6. The van der Waals surface area contributed by atoms with Crippen LogP contribution in [0.2, 0.25) is 0 Å². The van der Waals surface area contributed by atoms with Gasteiger partial charge in [0.2, 0.25) is 0 Å². The highest BCUT2D eigenvalue weighted by molar-refractivity contribution is 6.11. The van der Waals surface area contributed by atoms with Gasteiger partial charge >= 0.3 is 0 Å². The van der Waals surface area contributed by atoms with Crippen LogP contribution >= 0.6 is 0 Å². The molecule has 0 aliphatic carbocycles. The molecule has 0 radical (unpaired) electrons. The van der Waals surface area contributed by atoms with Gasteiger partial charge in [0.05, 0.1) is 45.1 Å². The fourth-order valence-electron chi connectivity index (χ4n) is 9.87. The van der Waals surface area contributed by atoms with Crippen LogP contribution in [-0.4, -0.2) is 60.9 Å². The lowest BCUT2D eigenvalue weighted by Crippen LogP contribution is -2.21. The predicted octanol–water partition coefficient (Wildman–Crippen LogP) is 12.0. The van der Waals surface area contributed by atoms with Crippen LogP contribution in [0.1, 0.15) is 5.69 Å². The highest BCUT2D eigenvalue weighted by Gasteiger charge is 2.28. The molecule has 0 spiro atoms. The first-order valence-electron chi connectivity index (χ1n) is 21.6. The van der Waals surface area contributed by atoms with Gasteiger partial charge in [0, 0.05) is 80.5 Å². The van der Waals surface area contributed by atoms with Gasteiger partial charge in [0.1, 0.15) is 22.7 Å². The van der Waals surface area contributed by atoms with Crippen LogP contribution in [0.15, 0.2) is 182 Å². The van der Waals surface area contributed by atoms with Crippen molar-refractivity contribution in [1.29, 1.82) is 0 Å². The van der Waals surface area contributed by atoms with Crippen LogP contribution in [0.4, 0.5) is 0 Å². The largest absolute Gasteiger partial charge is 0.353 e. The van der Waals surface area contributed by atoms with Crippen LogP contribution in [-0.2, 0) is 0 Å². The maximum atomic E-state index is 5.52. The maximum Gasteiger partial charge on any atom is 0.183 e. The van der Waals surface area contributed by atoms with E-state index < -0.39 is 0 Å². The summed E-state index contributed by atoms with van der Waals surface area (Å²) in [6, 6.07) is 41.9. The van der Waals surface area contributed by atoms with E-state index in [1.165, 1.54) is 0 Å². The molecule has 0 amide bonds. The molecule has 65 heavy (non-hydrogen) atoms. The van der Waals surface area contributed by atoms with Gasteiger partial charge in [-0.2, -0.15) is 5.10 Å². The number of fused-ring (bicyclic) bond motifs is 7. The number of nitrogens with zero attached hydrogens (tertiary/aromatic N) is 7. The van der Waals surface area contributed by atoms with Crippen molar-refractivity contribution in [1.82, 2.24) is 54.4 Å². The molecule has 14 rings (SSSR count). The molecule has 11 heteroatoms. The molecule has 4 N–H and O–H groups in total. The van der Waals surface area contributed by atoms with Crippen molar-refractivity contribution < 1.29 is 0 Å². The molecule has 0 atom stereocenters. The van der Waals surface area contributed by atoms with Gasteiger partial charge in [-0.3, -0.25) is 10.1 Å². The number of nitrogens with one attached hydrogen (secondary N) is 4. The van der Waals surface area contributed by atoms with E-state index in [9.17, 15) is 0 Å². The minimum absolute atomic E-state index is 0.463. The van der Waals surface area contributed by atoms with E-state index in [1.807, 2.05) is 36.5 Å². The summed E-state index contributed by atoms with van der Waals surface area (Å²) in [5.74, 6) is 1.11. The number of rotatable bonds is 6. The third kappa shape index (κ3) is 5.39. The van der Waals surface area contributed by atoms with E-state index in [0.717, 1.165) is 106 Å². The first-order chi connectivity index (χ1) is 32.2. The Hall–Kier alpha value is -9.09. The minimum Gasteiger partial charge on any atom is -0.353 e. The third-order valence-corrected chi connectivity index (χ3v) is 12.8. The van der Waals surface area contributed by atoms with E-state index in [4.69, 9.17) is 25.0 Å². The molecule has 11 nitrogen and oxygen atoms in total. The maximum absolute atomic E-state index is 5.52. The van der Waals surface area contributed by atoms with Gasteiger partial charge in [0.15, 0.2) is 11.5 Å². The molecule has 306 valence electrons. The molecule has 2 aliphatic rings. The van der Waals surface area contributed by atoms with Crippen molar-refractivity contribution in [3.63, 3.8) is 0 Å². The lowest BCUT2D eigenvalue weighted by atomic mass is 9.95. The Labute approximate surface area is 369 Å². The van der Waals surface area contributed by atoms with Gasteiger partial charge in [0.25, 0.3) is 0 Å². The van der Waals surface area contributed by atoms with Gasteiger partial charge in [-0.05, 0) is 47.9 Å². The number of allylic oxidation sites excluding steroid dienone is 5. The summed E-state index contributed by atoms with van der Waals surface area (Å²) in [5, 5.41) is 14.3. The summed E-state index contributed by atoms with van der Waals surface area (Å²) >= 11 is 0. The van der Waals surface area contributed by atoms with E-state index in [2.05, 4.69) is 169 Å². The van der Waals surface area contributed by atoms with E-state index >= 15 is 0 Å². The van der Waals surface area contributed by atoms with Gasteiger partial charge < -0.3 is 24.3 Å². The van der Waals surface area contributed by atoms with Crippen molar-refractivity contribution in [2.24, 2.45) is 0 Å². The molecule has 0 fully saturated rings. The minimum atomic E-state index is 0.463. The zero-order chi connectivity index (χ0) is 42.6. The normalized spacial score (nSPS) is 13.8. The Kier molecular flexibility index (Phi) is 7.48. The predicted molar refractivity (Wildman–Crippen MR) is 260 cm³/mol. The van der Waals surface area contributed by atoms with Gasteiger partial charge in [-0.25, -0.2) is 15.0 Å². The smallest absolute Gasteiger partial charge is 0.183 e. The fraction of sp³-hybridized carbons (Fsp3) is 0.0185. The third-order valence-electron chi connectivity index (χ3n) is 12.8. The molecule has 0 unspecified atom stereocenters. The van der Waals surface area contributed by atoms with Crippen LogP contribution < -0.4 is 0 Å². The average molecular weight is 838 g/mol. The quantitative estimate of drug-likeness (QED) is 0.132. The second-order valence-electron chi connectivity index (χ2n) is 16.5. The monoisotopic (exact) mass is 837 g/mol. The van der Waals surface area contributed by atoms with E-state index in [-0.39, 0.29) is 0 Å². The summed E-state index contributed by atoms with van der Waals surface area (Å²) in [7, 11) is 0. The Balaban J connectivity index is 1.07. The zero-order valence-electron chi connectivity index (χ0n) is 34.6. The molecular weight excluding hydrogens is 803 g/mol. The van der Waals surface area contributed by atoms with Gasteiger partial charge in [-0.15, -0.1) is 0 Å². The summed E-state index contributed by atoms with van der Waals surface area (Å²) in [6.07, 6.45) is 19.0. The van der Waals surface area contributed by atoms with Crippen molar-refractivity contribution in [2.75, 3.05) is 6.54 Å². The second-order valence-corrected chi connectivity index (χ2v) is 16.5. The van der Waals surface area contributed by atoms with Crippen LogP contribution in [0, 0.1) is 0 Å². The summed E-state index contributed by atoms with van der Waals surface area (Å²) in [4.78, 5) is 35.0. The Morgan fingerprint density at radius 2 is 1.38 bits per heavy atom. The van der Waals surface area contributed by atoms with Crippen molar-refractivity contribution in [3.8, 4) is 56.8 Å². The van der Waals surface area contributed by atoms with Gasteiger partial charge in [-0.1, -0.05) is 109 Å². The topological polar surface area (TPSA) is 135 Å². The number of pyridine rings is 2. The van der Waals surface area contributed by atoms with Crippen molar-refractivity contribution in [3.05, 3.63) is 188 Å². The molecule has 10 heterocycles. The molecule has 2 aliphatic heterocycles. The first kappa shape index (κ1) is 35.5. The number of para-hydroxylation sites is 2. The number of hydrogen-bond donors (Lipinski definition) is 4. The highest BCUT2D eigenvalue weighted by Crippen LogP contribution is 2.45. The molecule has 0 saturated carbocycles.